The zero-order valence-corrected chi connectivity index (χ0v) is 10.2. The van der Waals surface area contributed by atoms with Crippen LogP contribution in [0.2, 0.25) is 0 Å². The Morgan fingerprint density at radius 2 is 2.12 bits per heavy atom. The first-order chi connectivity index (χ1) is 8.33. The van der Waals surface area contributed by atoms with E-state index in [-0.39, 0.29) is 0 Å². The number of nitrogens with one attached hydrogen (secondary N) is 1. The molecule has 0 bridgehead atoms. The summed E-state index contributed by atoms with van der Waals surface area (Å²) < 4.78 is 1.92. The highest BCUT2D eigenvalue weighted by Crippen LogP contribution is 2.16. The summed E-state index contributed by atoms with van der Waals surface area (Å²) in [5, 5.41) is 8.89. The molecule has 1 aliphatic heterocycles. The maximum absolute atomic E-state index is 4.28. The quantitative estimate of drug-likeness (QED) is 0.835. The molecule has 90 valence electrons. The number of hydrogen-bond donors (Lipinski definition) is 1. The molecule has 0 amide bonds. The molecular weight excluding hydrogens is 212 g/mol. The predicted octanol–water partition coefficient (Wildman–Crippen LogP) is 0.978. The molecule has 3 rings (SSSR count). The van der Waals surface area contributed by atoms with E-state index < -0.39 is 0 Å². The molecule has 0 aliphatic carbocycles. The van der Waals surface area contributed by atoms with Crippen molar-refractivity contribution in [3.05, 3.63) is 30.0 Å². The molecule has 0 unspecified atom stereocenters. The lowest BCUT2D eigenvalue weighted by molar-refractivity contribution is 0.233. The average molecular weight is 230 g/mol. The molecule has 17 heavy (non-hydrogen) atoms. The Balaban J connectivity index is 1.80. The summed E-state index contributed by atoms with van der Waals surface area (Å²) in [6.07, 6.45) is 1.94. The van der Waals surface area contributed by atoms with Gasteiger partial charge in [0.05, 0.1) is 11.7 Å². The lowest BCUT2D eigenvalue weighted by Gasteiger charge is -2.27. The van der Waals surface area contributed by atoms with Crippen molar-refractivity contribution < 1.29 is 0 Å². The highest BCUT2D eigenvalue weighted by Gasteiger charge is 2.10. The number of piperazine rings is 1. The van der Waals surface area contributed by atoms with E-state index in [4.69, 9.17) is 0 Å². The molecule has 1 N–H and O–H groups in total. The molecule has 1 saturated heterocycles. The molecule has 0 atom stereocenters. The number of hydrogen-bond acceptors (Lipinski definition) is 3. The zero-order valence-electron chi connectivity index (χ0n) is 10.2. The van der Waals surface area contributed by atoms with Crippen molar-refractivity contribution in [1.82, 2.24) is 20.0 Å². The third kappa shape index (κ3) is 2.18. The first kappa shape index (κ1) is 10.7. The van der Waals surface area contributed by atoms with Crippen LogP contribution >= 0.6 is 0 Å². The highest BCUT2D eigenvalue weighted by atomic mass is 15.2. The minimum atomic E-state index is 1.05. The van der Waals surface area contributed by atoms with E-state index in [1.165, 1.54) is 16.5 Å². The number of nitrogens with zero attached hydrogens (tertiary/aromatic N) is 3. The van der Waals surface area contributed by atoms with E-state index in [0.717, 1.165) is 32.7 Å². The van der Waals surface area contributed by atoms with Crippen molar-refractivity contribution in [2.24, 2.45) is 7.05 Å². The van der Waals surface area contributed by atoms with Crippen molar-refractivity contribution in [1.29, 1.82) is 0 Å². The van der Waals surface area contributed by atoms with Crippen LogP contribution in [0.25, 0.3) is 10.9 Å². The van der Waals surface area contributed by atoms with E-state index in [9.17, 15) is 0 Å². The molecule has 1 fully saturated rings. The maximum Gasteiger partial charge on any atom is 0.0679 e. The van der Waals surface area contributed by atoms with Gasteiger partial charge in [0.15, 0.2) is 0 Å². The third-order valence-electron chi connectivity index (χ3n) is 3.43. The van der Waals surface area contributed by atoms with Crippen molar-refractivity contribution in [3.8, 4) is 0 Å². The van der Waals surface area contributed by atoms with Crippen molar-refractivity contribution in [3.63, 3.8) is 0 Å². The fourth-order valence-electron chi connectivity index (χ4n) is 2.44. The van der Waals surface area contributed by atoms with Gasteiger partial charge >= 0.3 is 0 Å². The van der Waals surface area contributed by atoms with Crippen LogP contribution in [0.3, 0.4) is 0 Å². The molecule has 0 saturated carbocycles. The molecule has 2 aromatic rings. The molecule has 0 radical (unpaired) electrons. The molecule has 4 heteroatoms. The SMILES string of the molecule is Cn1ncc2cc(CN3CCNCC3)ccc21. The zero-order chi connectivity index (χ0) is 11.7. The summed E-state index contributed by atoms with van der Waals surface area (Å²) in [6, 6.07) is 6.64. The van der Waals surface area contributed by atoms with Crippen LogP contribution in [-0.2, 0) is 13.6 Å². The van der Waals surface area contributed by atoms with Gasteiger partial charge < -0.3 is 5.32 Å². The van der Waals surface area contributed by atoms with Crippen LogP contribution < -0.4 is 5.32 Å². The second-order valence-electron chi connectivity index (χ2n) is 4.69. The normalized spacial score (nSPS) is 17.7. The lowest BCUT2D eigenvalue weighted by Crippen LogP contribution is -2.42. The topological polar surface area (TPSA) is 33.1 Å². The van der Waals surface area contributed by atoms with Gasteiger partial charge in [0.25, 0.3) is 0 Å². The fraction of sp³-hybridized carbons (Fsp3) is 0.462. The van der Waals surface area contributed by atoms with Gasteiger partial charge in [0, 0.05) is 45.2 Å². The minimum absolute atomic E-state index is 1.05. The Hall–Kier alpha value is -1.39. The van der Waals surface area contributed by atoms with Crippen LogP contribution in [0, 0.1) is 0 Å². The highest BCUT2D eigenvalue weighted by molar-refractivity contribution is 5.79. The van der Waals surface area contributed by atoms with E-state index in [0.29, 0.717) is 0 Å². The standard InChI is InChI=1S/C13H18N4/c1-16-13-3-2-11(8-12(13)9-15-16)10-17-6-4-14-5-7-17/h2-3,8-9,14H,4-7,10H2,1H3. The Morgan fingerprint density at radius 3 is 2.94 bits per heavy atom. The van der Waals surface area contributed by atoms with Gasteiger partial charge in [0.2, 0.25) is 0 Å². The van der Waals surface area contributed by atoms with Gasteiger partial charge in [0.1, 0.15) is 0 Å². The van der Waals surface area contributed by atoms with Crippen molar-refractivity contribution in [2.75, 3.05) is 26.2 Å². The Bertz CT molecular complexity index is 511. The van der Waals surface area contributed by atoms with Crippen LogP contribution in [-0.4, -0.2) is 40.9 Å². The predicted molar refractivity (Wildman–Crippen MR) is 68.9 cm³/mol. The summed E-state index contributed by atoms with van der Waals surface area (Å²) in [4.78, 5) is 2.49. The number of aromatic nitrogens is 2. The third-order valence-corrected chi connectivity index (χ3v) is 3.43. The molecule has 1 aliphatic rings. The van der Waals surface area contributed by atoms with Gasteiger partial charge in [-0.3, -0.25) is 9.58 Å². The number of benzene rings is 1. The summed E-state index contributed by atoms with van der Waals surface area (Å²) >= 11 is 0. The molecule has 1 aromatic carbocycles. The Labute approximate surface area is 101 Å². The first-order valence-electron chi connectivity index (χ1n) is 6.17. The molecular formula is C13H18N4. The van der Waals surface area contributed by atoms with E-state index in [2.05, 4.69) is 33.5 Å². The minimum Gasteiger partial charge on any atom is -0.314 e. The first-order valence-corrected chi connectivity index (χ1v) is 6.17. The van der Waals surface area contributed by atoms with Gasteiger partial charge in [-0.05, 0) is 17.7 Å². The second-order valence-corrected chi connectivity index (χ2v) is 4.69. The largest absolute Gasteiger partial charge is 0.314 e. The lowest BCUT2D eigenvalue weighted by atomic mass is 10.1. The monoisotopic (exact) mass is 230 g/mol. The van der Waals surface area contributed by atoms with Crippen LogP contribution in [0.15, 0.2) is 24.4 Å². The van der Waals surface area contributed by atoms with E-state index in [1.807, 2.05) is 17.9 Å². The van der Waals surface area contributed by atoms with Crippen LogP contribution in [0.5, 0.6) is 0 Å². The molecule has 2 heterocycles. The molecule has 1 aromatic heterocycles. The smallest absolute Gasteiger partial charge is 0.0679 e. The van der Waals surface area contributed by atoms with E-state index in [1.54, 1.807) is 0 Å². The van der Waals surface area contributed by atoms with Crippen molar-refractivity contribution in [2.45, 2.75) is 6.54 Å². The van der Waals surface area contributed by atoms with Gasteiger partial charge in [-0.15, -0.1) is 0 Å². The molecule has 4 nitrogen and oxygen atoms in total. The summed E-state index contributed by atoms with van der Waals surface area (Å²) in [7, 11) is 1.98. The fourth-order valence-corrected chi connectivity index (χ4v) is 2.44. The summed E-state index contributed by atoms with van der Waals surface area (Å²) in [6.45, 7) is 5.55. The van der Waals surface area contributed by atoms with Crippen LogP contribution in [0.1, 0.15) is 5.56 Å². The number of aryl methyl sites for hydroxylation is 1. The maximum atomic E-state index is 4.28. The van der Waals surface area contributed by atoms with Crippen molar-refractivity contribution >= 4 is 10.9 Å². The van der Waals surface area contributed by atoms with Gasteiger partial charge in [-0.1, -0.05) is 6.07 Å². The van der Waals surface area contributed by atoms with Crippen LogP contribution in [0.4, 0.5) is 0 Å². The summed E-state index contributed by atoms with van der Waals surface area (Å²) in [5.74, 6) is 0. The summed E-state index contributed by atoms with van der Waals surface area (Å²) in [5.41, 5.74) is 2.58. The Kier molecular flexibility index (Phi) is 2.82. The second kappa shape index (κ2) is 4.47. The molecule has 0 spiro atoms. The van der Waals surface area contributed by atoms with Gasteiger partial charge in [-0.2, -0.15) is 5.10 Å². The average Bonchev–Trinajstić information content (AvgIpc) is 2.72. The Morgan fingerprint density at radius 1 is 1.29 bits per heavy atom. The number of fused-ring (bicyclic) bond motifs is 1. The number of rotatable bonds is 2. The van der Waals surface area contributed by atoms with E-state index >= 15 is 0 Å². The van der Waals surface area contributed by atoms with Gasteiger partial charge in [-0.25, -0.2) is 0 Å².